The Morgan fingerprint density at radius 2 is 1.94 bits per heavy atom. The van der Waals surface area contributed by atoms with Gasteiger partial charge in [-0.1, -0.05) is 30.3 Å². The summed E-state index contributed by atoms with van der Waals surface area (Å²) in [6.45, 7) is 0.781. The maximum absolute atomic E-state index is 5.72. The molecule has 2 nitrogen and oxygen atoms in total. The van der Waals surface area contributed by atoms with Crippen molar-refractivity contribution in [1.29, 1.82) is 0 Å². The molecule has 17 heavy (non-hydrogen) atoms. The molecule has 82 valence electrons. The Kier molecular flexibility index (Phi) is 1.69. The highest BCUT2D eigenvalue weighted by atomic mass is 16.5. The first-order valence-corrected chi connectivity index (χ1v) is 5.85. The van der Waals surface area contributed by atoms with Gasteiger partial charge in [-0.25, -0.2) is 0 Å². The van der Waals surface area contributed by atoms with Gasteiger partial charge in [0.2, 0.25) is 0 Å². The zero-order valence-electron chi connectivity index (χ0n) is 9.31. The molecule has 0 bridgehead atoms. The predicted octanol–water partition coefficient (Wildman–Crippen LogP) is 3.32. The average molecular weight is 221 g/mol. The molecule has 2 heteroatoms. The Hall–Kier alpha value is -2.09. The smallest absolute Gasteiger partial charge is 0.133 e. The van der Waals surface area contributed by atoms with Gasteiger partial charge in [0.1, 0.15) is 5.75 Å². The molecular weight excluding hydrogens is 210 g/mol. The van der Waals surface area contributed by atoms with Crippen LogP contribution in [0.25, 0.3) is 21.7 Å². The lowest BCUT2D eigenvalue weighted by Gasteiger charge is -2.06. The fraction of sp³-hybridized carbons (Fsp3) is 0.133. The molecule has 0 saturated heterocycles. The standard InChI is InChI=1S/C15H11NO/c1-2-4-12-10(3-1)5-6-13-14(12)16-9-11-7-8-17-15(11)13/h1-6,9H,7-8H2. The van der Waals surface area contributed by atoms with Crippen LogP contribution in [0, 0.1) is 0 Å². The van der Waals surface area contributed by atoms with Crippen LogP contribution < -0.4 is 4.74 Å². The molecule has 2 aromatic carbocycles. The predicted molar refractivity (Wildman–Crippen MR) is 68.4 cm³/mol. The minimum absolute atomic E-state index is 0.781. The van der Waals surface area contributed by atoms with Gasteiger partial charge in [-0.15, -0.1) is 0 Å². The maximum Gasteiger partial charge on any atom is 0.133 e. The molecule has 0 spiro atoms. The second-order valence-corrected chi connectivity index (χ2v) is 4.39. The van der Waals surface area contributed by atoms with Crippen molar-refractivity contribution in [3.63, 3.8) is 0 Å². The van der Waals surface area contributed by atoms with Crippen LogP contribution in [0.5, 0.6) is 5.75 Å². The SMILES string of the molecule is c1ccc2c(c1)ccc1c3c(cnc12)CCO3. The lowest BCUT2D eigenvalue weighted by Crippen LogP contribution is -1.88. The Balaban J connectivity index is 2.22. The topological polar surface area (TPSA) is 22.1 Å². The van der Waals surface area contributed by atoms with Crippen LogP contribution in [0.4, 0.5) is 0 Å². The van der Waals surface area contributed by atoms with E-state index in [0.717, 1.165) is 29.7 Å². The zero-order chi connectivity index (χ0) is 11.2. The molecule has 3 aromatic rings. The van der Waals surface area contributed by atoms with Crippen molar-refractivity contribution in [2.45, 2.75) is 6.42 Å². The molecule has 0 saturated carbocycles. The number of benzene rings is 2. The van der Waals surface area contributed by atoms with E-state index >= 15 is 0 Å². The van der Waals surface area contributed by atoms with Gasteiger partial charge in [0, 0.05) is 29.0 Å². The van der Waals surface area contributed by atoms with Gasteiger partial charge < -0.3 is 4.74 Å². The zero-order valence-corrected chi connectivity index (χ0v) is 9.31. The van der Waals surface area contributed by atoms with Crippen molar-refractivity contribution in [2.75, 3.05) is 6.61 Å². The summed E-state index contributed by atoms with van der Waals surface area (Å²) in [6, 6.07) is 12.6. The second-order valence-electron chi connectivity index (χ2n) is 4.39. The van der Waals surface area contributed by atoms with Crippen LogP contribution in [0.3, 0.4) is 0 Å². The lowest BCUT2D eigenvalue weighted by atomic mass is 10.0. The van der Waals surface area contributed by atoms with E-state index in [9.17, 15) is 0 Å². The first-order valence-electron chi connectivity index (χ1n) is 5.85. The van der Waals surface area contributed by atoms with Gasteiger partial charge in [0.25, 0.3) is 0 Å². The van der Waals surface area contributed by atoms with E-state index in [4.69, 9.17) is 4.74 Å². The maximum atomic E-state index is 5.72. The lowest BCUT2D eigenvalue weighted by molar-refractivity contribution is 0.360. The van der Waals surface area contributed by atoms with Crippen LogP contribution in [0.15, 0.2) is 42.6 Å². The van der Waals surface area contributed by atoms with Crippen LogP contribution in [0.1, 0.15) is 5.56 Å². The monoisotopic (exact) mass is 221 g/mol. The highest BCUT2D eigenvalue weighted by Gasteiger charge is 2.16. The number of aromatic nitrogens is 1. The van der Waals surface area contributed by atoms with Crippen molar-refractivity contribution < 1.29 is 4.74 Å². The average Bonchev–Trinajstić information content (AvgIpc) is 2.86. The fourth-order valence-corrected chi connectivity index (χ4v) is 2.56. The summed E-state index contributed by atoms with van der Waals surface area (Å²) in [5.41, 5.74) is 2.27. The molecule has 1 aliphatic rings. The van der Waals surface area contributed by atoms with Gasteiger partial charge in [0.05, 0.1) is 12.1 Å². The third-order valence-electron chi connectivity index (χ3n) is 3.40. The van der Waals surface area contributed by atoms with Crippen molar-refractivity contribution in [2.24, 2.45) is 0 Å². The molecule has 0 radical (unpaired) electrons. The largest absolute Gasteiger partial charge is 0.492 e. The molecule has 0 amide bonds. The number of rotatable bonds is 0. The molecular formula is C15H11NO. The van der Waals surface area contributed by atoms with E-state index in [1.54, 1.807) is 0 Å². The third kappa shape index (κ3) is 1.18. The van der Waals surface area contributed by atoms with Crippen molar-refractivity contribution in [1.82, 2.24) is 4.98 Å². The number of hydrogen-bond donors (Lipinski definition) is 0. The van der Waals surface area contributed by atoms with E-state index in [1.165, 1.54) is 16.3 Å². The molecule has 0 unspecified atom stereocenters. The molecule has 2 heterocycles. The van der Waals surface area contributed by atoms with Crippen LogP contribution >= 0.6 is 0 Å². The number of nitrogens with zero attached hydrogens (tertiary/aromatic N) is 1. The normalized spacial score (nSPS) is 13.9. The van der Waals surface area contributed by atoms with Gasteiger partial charge in [0.15, 0.2) is 0 Å². The summed E-state index contributed by atoms with van der Waals surface area (Å²) in [5, 5.41) is 3.56. The first kappa shape index (κ1) is 8.99. The van der Waals surface area contributed by atoms with Gasteiger partial charge >= 0.3 is 0 Å². The summed E-state index contributed by atoms with van der Waals surface area (Å²) in [4.78, 5) is 4.60. The summed E-state index contributed by atoms with van der Waals surface area (Å²) >= 11 is 0. The van der Waals surface area contributed by atoms with Crippen LogP contribution in [-0.4, -0.2) is 11.6 Å². The highest BCUT2D eigenvalue weighted by Crippen LogP contribution is 2.35. The minimum Gasteiger partial charge on any atom is -0.492 e. The van der Waals surface area contributed by atoms with E-state index in [0.29, 0.717) is 0 Å². The number of fused-ring (bicyclic) bond motifs is 5. The second kappa shape index (κ2) is 3.20. The quantitative estimate of drug-likeness (QED) is 0.543. The van der Waals surface area contributed by atoms with E-state index in [2.05, 4.69) is 41.4 Å². The number of hydrogen-bond acceptors (Lipinski definition) is 2. The minimum atomic E-state index is 0.781. The van der Waals surface area contributed by atoms with E-state index in [-0.39, 0.29) is 0 Å². The van der Waals surface area contributed by atoms with E-state index < -0.39 is 0 Å². The van der Waals surface area contributed by atoms with E-state index in [1.807, 2.05) is 6.20 Å². The molecule has 0 fully saturated rings. The number of pyridine rings is 1. The third-order valence-corrected chi connectivity index (χ3v) is 3.40. The number of ether oxygens (including phenoxy) is 1. The van der Waals surface area contributed by atoms with Crippen molar-refractivity contribution in [3.8, 4) is 5.75 Å². The summed E-state index contributed by atoms with van der Waals surface area (Å²) in [5.74, 6) is 1.03. The van der Waals surface area contributed by atoms with Gasteiger partial charge in [-0.05, 0) is 11.5 Å². The Morgan fingerprint density at radius 1 is 1.00 bits per heavy atom. The molecule has 0 N–H and O–H groups in total. The van der Waals surface area contributed by atoms with Crippen LogP contribution in [-0.2, 0) is 6.42 Å². The van der Waals surface area contributed by atoms with Gasteiger partial charge in [-0.3, -0.25) is 4.98 Å². The Morgan fingerprint density at radius 3 is 2.94 bits per heavy atom. The highest BCUT2D eigenvalue weighted by molar-refractivity contribution is 6.07. The molecule has 0 atom stereocenters. The van der Waals surface area contributed by atoms with Gasteiger partial charge in [-0.2, -0.15) is 0 Å². The molecule has 0 aliphatic carbocycles. The van der Waals surface area contributed by atoms with Crippen LogP contribution in [0.2, 0.25) is 0 Å². The molecule has 1 aromatic heterocycles. The Labute approximate surface area is 98.9 Å². The summed E-state index contributed by atoms with van der Waals surface area (Å²) in [7, 11) is 0. The van der Waals surface area contributed by atoms with Crippen molar-refractivity contribution >= 4 is 21.7 Å². The summed E-state index contributed by atoms with van der Waals surface area (Å²) in [6.07, 6.45) is 2.93. The Bertz CT molecular complexity index is 733. The van der Waals surface area contributed by atoms with Crippen molar-refractivity contribution in [3.05, 3.63) is 48.2 Å². The molecule has 1 aliphatic heterocycles. The summed E-state index contributed by atoms with van der Waals surface area (Å²) < 4.78 is 5.72. The molecule has 4 rings (SSSR count). The fourth-order valence-electron chi connectivity index (χ4n) is 2.56. The first-order chi connectivity index (χ1) is 8.43.